The lowest BCUT2D eigenvalue weighted by molar-refractivity contribution is -0.138. The standard InChI is InChI=1S/C26H37N3O.C6H3F3N2O2/c1-3-4-5-6-7-8-9-10-15-27-18-21-16-24(20-28-19-21)22-11-13-25-23(17-22)12-14-26(30)29(25)2;7-6(8,9)3-1-10-4(5(12)13)11-2-3/h11,13,16-17,19-20,27H,3-10,12,14-15,18H2,1-2H3;1-2H,(H,12,13). The van der Waals surface area contributed by atoms with E-state index < -0.39 is 23.5 Å². The molecule has 11 heteroatoms. The fourth-order valence-corrected chi connectivity index (χ4v) is 4.78. The lowest BCUT2D eigenvalue weighted by atomic mass is 9.96. The first-order chi connectivity index (χ1) is 20.6. The number of benzene rings is 1. The quantitative estimate of drug-likeness (QED) is 0.202. The second-order valence-electron chi connectivity index (χ2n) is 10.6. The molecule has 0 bridgehead atoms. The number of hydrogen-bond acceptors (Lipinski definition) is 6. The molecule has 4 rings (SSSR count). The first-order valence-corrected chi connectivity index (χ1v) is 14.8. The van der Waals surface area contributed by atoms with Crippen molar-refractivity contribution in [3.05, 3.63) is 71.6 Å². The Morgan fingerprint density at radius 1 is 0.930 bits per heavy atom. The normalized spacial score (nSPS) is 12.9. The molecule has 0 unspecified atom stereocenters. The number of nitrogens with zero attached hydrogens (tertiary/aromatic N) is 4. The molecule has 1 amide bonds. The number of halogens is 3. The van der Waals surface area contributed by atoms with Gasteiger partial charge in [0.1, 0.15) is 0 Å². The molecule has 8 nitrogen and oxygen atoms in total. The van der Waals surface area contributed by atoms with Crippen molar-refractivity contribution in [2.45, 2.75) is 83.9 Å². The topological polar surface area (TPSA) is 108 Å². The Bertz CT molecular complexity index is 1330. The number of pyridine rings is 1. The van der Waals surface area contributed by atoms with Crippen LogP contribution in [0.2, 0.25) is 0 Å². The van der Waals surface area contributed by atoms with Crippen molar-refractivity contribution < 1.29 is 27.9 Å². The van der Waals surface area contributed by atoms with E-state index >= 15 is 0 Å². The van der Waals surface area contributed by atoms with Gasteiger partial charge in [0.25, 0.3) is 0 Å². The summed E-state index contributed by atoms with van der Waals surface area (Å²) in [6.07, 6.45) is 12.4. The number of alkyl halides is 3. The average Bonchev–Trinajstić information content (AvgIpc) is 3.00. The second kappa shape index (κ2) is 16.7. The molecule has 0 atom stereocenters. The van der Waals surface area contributed by atoms with Gasteiger partial charge in [0.2, 0.25) is 11.7 Å². The number of aromatic nitrogens is 3. The van der Waals surface area contributed by atoms with Crippen LogP contribution in [0.25, 0.3) is 11.1 Å². The zero-order valence-corrected chi connectivity index (χ0v) is 24.8. The number of anilines is 1. The van der Waals surface area contributed by atoms with Crippen molar-refractivity contribution in [2.24, 2.45) is 0 Å². The lowest BCUT2D eigenvalue weighted by Gasteiger charge is -2.26. The molecule has 0 saturated carbocycles. The minimum atomic E-state index is -4.54. The Morgan fingerprint density at radius 3 is 2.26 bits per heavy atom. The van der Waals surface area contributed by atoms with Gasteiger partial charge in [-0.05, 0) is 54.3 Å². The highest BCUT2D eigenvalue weighted by molar-refractivity contribution is 5.96. The van der Waals surface area contributed by atoms with E-state index in [9.17, 15) is 22.8 Å². The van der Waals surface area contributed by atoms with Crippen molar-refractivity contribution in [2.75, 3.05) is 18.5 Å². The summed E-state index contributed by atoms with van der Waals surface area (Å²) >= 11 is 0. The largest absolute Gasteiger partial charge is 0.475 e. The van der Waals surface area contributed by atoms with Crippen LogP contribution < -0.4 is 10.2 Å². The van der Waals surface area contributed by atoms with Gasteiger partial charge in [-0.15, -0.1) is 0 Å². The Hall–Kier alpha value is -3.86. The molecule has 2 aromatic heterocycles. The predicted molar refractivity (Wildman–Crippen MR) is 160 cm³/mol. The molecular weight excluding hydrogens is 559 g/mol. The van der Waals surface area contributed by atoms with Crippen molar-refractivity contribution in [3.63, 3.8) is 0 Å². The van der Waals surface area contributed by atoms with Gasteiger partial charge >= 0.3 is 12.1 Å². The molecule has 1 aliphatic rings. The van der Waals surface area contributed by atoms with E-state index in [2.05, 4.69) is 51.5 Å². The van der Waals surface area contributed by atoms with Gasteiger partial charge in [0.15, 0.2) is 0 Å². The van der Waals surface area contributed by atoms with Crippen LogP contribution in [0.3, 0.4) is 0 Å². The van der Waals surface area contributed by atoms with E-state index in [1.807, 2.05) is 19.4 Å². The molecule has 2 N–H and O–H groups in total. The molecule has 1 aliphatic heterocycles. The smallest absolute Gasteiger partial charge is 0.419 e. The number of rotatable bonds is 13. The Labute approximate surface area is 250 Å². The number of fused-ring (bicyclic) bond motifs is 1. The number of unbranched alkanes of at least 4 members (excludes halogenated alkanes) is 7. The summed E-state index contributed by atoms with van der Waals surface area (Å²) in [5.41, 5.74) is 4.74. The summed E-state index contributed by atoms with van der Waals surface area (Å²) in [6, 6.07) is 8.61. The summed E-state index contributed by atoms with van der Waals surface area (Å²) in [6.45, 7) is 4.20. The van der Waals surface area contributed by atoms with Gasteiger partial charge in [-0.1, -0.05) is 57.9 Å². The summed E-state index contributed by atoms with van der Waals surface area (Å²) in [4.78, 5) is 34.3. The Kier molecular flexibility index (Phi) is 13.1. The summed E-state index contributed by atoms with van der Waals surface area (Å²) in [5.74, 6) is -1.93. The van der Waals surface area contributed by atoms with Gasteiger partial charge in [-0.3, -0.25) is 9.78 Å². The average molecular weight is 600 g/mol. The van der Waals surface area contributed by atoms with E-state index in [0.29, 0.717) is 18.8 Å². The van der Waals surface area contributed by atoms with Crippen LogP contribution in [0.4, 0.5) is 18.9 Å². The number of carboxylic acids is 1. The third kappa shape index (κ3) is 10.7. The molecule has 3 aromatic rings. The number of carboxylic acid groups (broad SMARTS) is 1. The van der Waals surface area contributed by atoms with Crippen LogP contribution in [0, 0.1) is 0 Å². The summed E-state index contributed by atoms with van der Waals surface area (Å²) in [7, 11) is 1.86. The van der Waals surface area contributed by atoms with Gasteiger partial charge in [0, 0.05) is 56.1 Å². The molecule has 232 valence electrons. The van der Waals surface area contributed by atoms with Gasteiger partial charge in [-0.25, -0.2) is 14.8 Å². The maximum Gasteiger partial charge on any atom is 0.419 e. The fourth-order valence-electron chi connectivity index (χ4n) is 4.78. The summed E-state index contributed by atoms with van der Waals surface area (Å²) < 4.78 is 35.7. The third-order valence-electron chi connectivity index (χ3n) is 7.26. The fraction of sp³-hybridized carbons (Fsp3) is 0.469. The summed E-state index contributed by atoms with van der Waals surface area (Å²) in [5, 5.41) is 11.8. The van der Waals surface area contributed by atoms with Crippen molar-refractivity contribution in [1.29, 1.82) is 0 Å². The first-order valence-electron chi connectivity index (χ1n) is 14.8. The maximum atomic E-state index is 11.9. The van der Waals surface area contributed by atoms with Crippen LogP contribution in [0.15, 0.2) is 49.1 Å². The first kappa shape index (κ1) is 33.6. The molecule has 0 spiro atoms. The minimum absolute atomic E-state index is 0.196. The van der Waals surface area contributed by atoms with Crippen LogP contribution in [0.5, 0.6) is 0 Å². The number of hydrogen-bond donors (Lipinski definition) is 2. The number of aromatic carboxylic acids is 1. The zero-order valence-electron chi connectivity index (χ0n) is 24.8. The molecule has 3 heterocycles. The van der Waals surface area contributed by atoms with Crippen LogP contribution in [-0.4, -0.2) is 45.5 Å². The van der Waals surface area contributed by atoms with Crippen molar-refractivity contribution in [3.8, 4) is 11.1 Å². The van der Waals surface area contributed by atoms with E-state index in [1.165, 1.54) is 68.1 Å². The highest BCUT2D eigenvalue weighted by Gasteiger charge is 2.31. The van der Waals surface area contributed by atoms with E-state index in [4.69, 9.17) is 5.11 Å². The molecule has 1 aromatic carbocycles. The highest BCUT2D eigenvalue weighted by atomic mass is 19.4. The van der Waals surface area contributed by atoms with Gasteiger partial charge in [0.05, 0.1) is 5.56 Å². The van der Waals surface area contributed by atoms with Gasteiger partial charge in [-0.2, -0.15) is 13.2 Å². The highest BCUT2D eigenvalue weighted by Crippen LogP contribution is 2.31. The van der Waals surface area contributed by atoms with E-state index in [-0.39, 0.29) is 5.91 Å². The SMILES string of the molecule is CCCCCCCCCCNCc1cncc(-c2ccc3c(c2)CCC(=O)N3C)c1.O=C(O)c1ncc(C(F)(F)F)cn1. The number of nitrogens with one attached hydrogen (secondary N) is 1. The third-order valence-corrected chi connectivity index (χ3v) is 7.26. The van der Waals surface area contributed by atoms with E-state index in [1.54, 1.807) is 4.90 Å². The number of amides is 1. The molecule has 0 aliphatic carbocycles. The second-order valence-corrected chi connectivity index (χ2v) is 10.6. The zero-order chi connectivity index (χ0) is 31.2. The van der Waals surface area contributed by atoms with E-state index in [0.717, 1.165) is 30.8 Å². The van der Waals surface area contributed by atoms with Crippen LogP contribution >= 0.6 is 0 Å². The molecule has 0 fully saturated rings. The predicted octanol–water partition coefficient (Wildman–Crippen LogP) is 7.08. The maximum absolute atomic E-state index is 11.9. The lowest BCUT2D eigenvalue weighted by Crippen LogP contribution is -2.30. The molecule has 0 radical (unpaired) electrons. The monoisotopic (exact) mass is 599 g/mol. The number of carbonyl (C=O) groups is 2. The van der Waals surface area contributed by atoms with Crippen molar-refractivity contribution in [1.82, 2.24) is 20.3 Å². The Morgan fingerprint density at radius 2 is 1.60 bits per heavy atom. The van der Waals surface area contributed by atoms with Crippen LogP contribution in [-0.2, 0) is 23.9 Å². The number of carbonyl (C=O) groups excluding carboxylic acids is 1. The van der Waals surface area contributed by atoms with Crippen LogP contribution in [0.1, 0.15) is 92.0 Å². The Balaban J connectivity index is 0.000000326. The molecule has 43 heavy (non-hydrogen) atoms. The number of aryl methyl sites for hydroxylation is 1. The molecular formula is C32H40F3N5O3. The minimum Gasteiger partial charge on any atom is -0.475 e. The molecule has 0 saturated heterocycles. The van der Waals surface area contributed by atoms with Crippen molar-refractivity contribution >= 4 is 17.6 Å². The van der Waals surface area contributed by atoms with Gasteiger partial charge < -0.3 is 15.3 Å².